The fraction of sp³-hybridized carbons (Fsp3) is 0.594. The number of allylic oxidation sites excluding steroid dienone is 3. The predicted molar refractivity (Wildman–Crippen MR) is 165 cm³/mol. The molecule has 4 atom stereocenters. The lowest BCUT2D eigenvalue weighted by atomic mass is 9.86. The molecule has 0 saturated carbocycles. The van der Waals surface area contributed by atoms with Crippen LogP contribution in [0.2, 0.25) is 0 Å². The SMILES string of the molecule is C=CC(=O)N1CCN(c2nc(OCC3CCCN3C)nc(C)c2CC[C@H]2CC[C]3C(C)=CC=CC3S2)CC1CC#N. The summed E-state index contributed by atoms with van der Waals surface area (Å²) in [5, 5.41) is 10.6. The third-order valence-corrected chi connectivity index (χ3v) is 10.7. The van der Waals surface area contributed by atoms with Crippen molar-refractivity contribution in [3.8, 4) is 12.1 Å². The van der Waals surface area contributed by atoms with Crippen LogP contribution in [-0.4, -0.2) is 88.1 Å². The maximum Gasteiger partial charge on any atom is 0.318 e. The smallest absolute Gasteiger partial charge is 0.318 e. The van der Waals surface area contributed by atoms with Crippen molar-refractivity contribution in [2.45, 2.75) is 81.4 Å². The molecule has 1 radical (unpaired) electrons. The highest BCUT2D eigenvalue weighted by atomic mass is 32.2. The van der Waals surface area contributed by atoms with Gasteiger partial charge in [0, 0.05) is 53.4 Å². The highest BCUT2D eigenvalue weighted by Gasteiger charge is 2.34. The number of nitrogens with zero attached hydrogens (tertiary/aromatic N) is 6. The minimum absolute atomic E-state index is 0.124. The van der Waals surface area contributed by atoms with E-state index in [4.69, 9.17) is 14.7 Å². The largest absolute Gasteiger partial charge is 0.462 e. The molecule has 41 heavy (non-hydrogen) atoms. The predicted octanol–water partition coefficient (Wildman–Crippen LogP) is 4.66. The number of aryl methyl sites for hydroxylation is 1. The average molecular weight is 576 g/mol. The molecule has 1 amide bonds. The van der Waals surface area contributed by atoms with E-state index in [0.717, 1.165) is 49.3 Å². The van der Waals surface area contributed by atoms with E-state index in [0.29, 0.717) is 48.8 Å². The van der Waals surface area contributed by atoms with Gasteiger partial charge in [0.05, 0.1) is 18.5 Å². The average Bonchev–Trinajstić information content (AvgIpc) is 3.39. The molecule has 219 valence electrons. The van der Waals surface area contributed by atoms with E-state index in [1.165, 1.54) is 24.5 Å². The fourth-order valence-corrected chi connectivity index (χ4v) is 8.17. The summed E-state index contributed by atoms with van der Waals surface area (Å²) in [7, 11) is 2.14. The Labute approximate surface area is 249 Å². The summed E-state index contributed by atoms with van der Waals surface area (Å²) >= 11 is 2.09. The van der Waals surface area contributed by atoms with Gasteiger partial charge in [-0.25, -0.2) is 4.98 Å². The zero-order chi connectivity index (χ0) is 28.9. The molecule has 3 fully saturated rings. The van der Waals surface area contributed by atoms with E-state index in [-0.39, 0.29) is 18.4 Å². The zero-order valence-electron chi connectivity index (χ0n) is 24.7. The molecule has 0 N–H and O–H groups in total. The second-order valence-electron chi connectivity index (χ2n) is 11.7. The van der Waals surface area contributed by atoms with E-state index in [1.807, 2.05) is 0 Å². The molecule has 9 heteroatoms. The summed E-state index contributed by atoms with van der Waals surface area (Å²) in [5.74, 6) is 2.35. The number of nitriles is 1. The van der Waals surface area contributed by atoms with Crippen molar-refractivity contribution < 1.29 is 9.53 Å². The molecule has 1 aromatic heterocycles. The molecule has 0 spiro atoms. The minimum atomic E-state index is -0.212. The zero-order valence-corrected chi connectivity index (χ0v) is 25.5. The molecule has 4 heterocycles. The Morgan fingerprint density at radius 2 is 2.10 bits per heavy atom. The number of likely N-dealkylation sites (N-methyl/N-ethyl adjacent to an activating group) is 1. The van der Waals surface area contributed by atoms with Gasteiger partial charge in [0.25, 0.3) is 0 Å². The van der Waals surface area contributed by atoms with Crippen LogP contribution in [0.5, 0.6) is 6.01 Å². The quantitative estimate of drug-likeness (QED) is 0.393. The summed E-state index contributed by atoms with van der Waals surface area (Å²) in [5.41, 5.74) is 3.53. The van der Waals surface area contributed by atoms with Crippen molar-refractivity contribution in [2.75, 3.05) is 44.7 Å². The number of fused-ring (bicyclic) bond motifs is 1. The highest BCUT2D eigenvalue weighted by molar-refractivity contribution is 8.00. The molecular formula is C32H43N6O2S. The lowest BCUT2D eigenvalue weighted by Crippen LogP contribution is -2.55. The monoisotopic (exact) mass is 575 g/mol. The number of aromatic nitrogens is 2. The Bertz CT molecular complexity index is 1230. The van der Waals surface area contributed by atoms with Crippen molar-refractivity contribution >= 4 is 23.5 Å². The third-order valence-electron chi connectivity index (χ3n) is 9.09. The van der Waals surface area contributed by atoms with Crippen molar-refractivity contribution in [2.24, 2.45) is 0 Å². The van der Waals surface area contributed by atoms with Crippen LogP contribution in [0.25, 0.3) is 0 Å². The number of amides is 1. The first kappa shape index (κ1) is 29.7. The standard InChI is InChI=1S/C32H43N6O2S/c1-5-30(39)38-19-18-37(20-24(38)15-16-33)31-28(14-12-26-11-13-27-22(2)8-6-10-29(27)41-26)23(3)34-32(35-31)40-21-25-9-7-17-36(25)4/h5-6,8,10,24-26,29H,1,7,9,11-15,17-21H2,2-4H3/t24?,25?,26-,29?/m1/s1. The van der Waals surface area contributed by atoms with Gasteiger partial charge in [0.1, 0.15) is 12.4 Å². The van der Waals surface area contributed by atoms with Gasteiger partial charge in [-0.05, 0) is 72.0 Å². The number of anilines is 1. The topological polar surface area (TPSA) is 85.6 Å². The van der Waals surface area contributed by atoms with Gasteiger partial charge in [-0.2, -0.15) is 22.0 Å². The van der Waals surface area contributed by atoms with Gasteiger partial charge in [0.15, 0.2) is 0 Å². The van der Waals surface area contributed by atoms with E-state index < -0.39 is 0 Å². The lowest BCUT2D eigenvalue weighted by Gasteiger charge is -2.41. The normalized spacial score (nSPS) is 26.8. The molecule has 3 aliphatic heterocycles. The molecule has 0 bridgehead atoms. The fourth-order valence-electron chi connectivity index (χ4n) is 6.60. The first-order valence-electron chi connectivity index (χ1n) is 15.0. The molecule has 4 aliphatic rings. The number of ether oxygens (including phenoxy) is 1. The molecular weight excluding hydrogens is 532 g/mol. The minimum Gasteiger partial charge on any atom is -0.462 e. The Hall–Kier alpha value is -2.83. The molecule has 0 aromatic carbocycles. The Morgan fingerprint density at radius 1 is 1.24 bits per heavy atom. The van der Waals surface area contributed by atoms with Crippen molar-refractivity contribution in [3.05, 3.63) is 53.6 Å². The van der Waals surface area contributed by atoms with Crippen LogP contribution >= 0.6 is 11.8 Å². The summed E-state index contributed by atoms with van der Waals surface area (Å²) in [6, 6.07) is 2.86. The first-order chi connectivity index (χ1) is 19.9. The molecule has 3 unspecified atom stereocenters. The van der Waals surface area contributed by atoms with E-state index in [2.05, 4.69) is 73.3 Å². The van der Waals surface area contributed by atoms with Crippen molar-refractivity contribution in [1.29, 1.82) is 5.26 Å². The van der Waals surface area contributed by atoms with E-state index in [9.17, 15) is 10.1 Å². The molecule has 3 saturated heterocycles. The third kappa shape index (κ3) is 6.81. The molecule has 1 aromatic rings. The number of hydrogen-bond donors (Lipinski definition) is 0. The maximum absolute atomic E-state index is 12.5. The van der Waals surface area contributed by atoms with Crippen LogP contribution in [-0.2, 0) is 11.2 Å². The van der Waals surface area contributed by atoms with Gasteiger partial charge < -0.3 is 19.4 Å². The number of carbonyl (C=O) groups is 1. The van der Waals surface area contributed by atoms with Gasteiger partial charge in [-0.15, -0.1) is 0 Å². The second-order valence-corrected chi connectivity index (χ2v) is 13.1. The lowest BCUT2D eigenvalue weighted by molar-refractivity contribution is -0.128. The number of thioether (sulfide) groups is 1. The number of rotatable bonds is 9. The maximum atomic E-state index is 12.5. The van der Waals surface area contributed by atoms with Crippen molar-refractivity contribution in [1.82, 2.24) is 19.8 Å². The second kappa shape index (κ2) is 13.4. The number of carbonyl (C=O) groups excluding carboxylic acids is 1. The van der Waals surface area contributed by atoms with Gasteiger partial charge >= 0.3 is 6.01 Å². The summed E-state index contributed by atoms with van der Waals surface area (Å²) in [6.45, 7) is 11.4. The van der Waals surface area contributed by atoms with Crippen LogP contribution in [0.15, 0.2) is 36.5 Å². The van der Waals surface area contributed by atoms with Gasteiger partial charge in [0.2, 0.25) is 5.91 Å². The highest BCUT2D eigenvalue weighted by Crippen LogP contribution is 2.45. The van der Waals surface area contributed by atoms with Crippen LogP contribution in [0.4, 0.5) is 5.82 Å². The Balaban J connectivity index is 1.35. The van der Waals surface area contributed by atoms with E-state index in [1.54, 1.807) is 10.8 Å². The van der Waals surface area contributed by atoms with Gasteiger partial charge in [-0.3, -0.25) is 4.79 Å². The summed E-state index contributed by atoms with van der Waals surface area (Å²) in [6.07, 6.45) is 15.0. The number of hydrogen-bond acceptors (Lipinski definition) is 8. The van der Waals surface area contributed by atoms with Crippen LogP contribution < -0.4 is 9.64 Å². The van der Waals surface area contributed by atoms with E-state index >= 15 is 0 Å². The summed E-state index contributed by atoms with van der Waals surface area (Å²) < 4.78 is 6.20. The van der Waals surface area contributed by atoms with Crippen molar-refractivity contribution in [3.63, 3.8) is 0 Å². The van der Waals surface area contributed by atoms with Crippen LogP contribution in [0, 0.1) is 24.2 Å². The van der Waals surface area contributed by atoms with Gasteiger partial charge in [-0.1, -0.05) is 30.4 Å². The molecule has 8 nitrogen and oxygen atoms in total. The first-order valence-corrected chi connectivity index (χ1v) is 15.9. The summed E-state index contributed by atoms with van der Waals surface area (Å²) in [4.78, 5) is 28.7. The number of piperazine rings is 1. The number of likely N-dealkylation sites (tertiary alicyclic amines) is 1. The van der Waals surface area contributed by atoms with Crippen LogP contribution in [0.3, 0.4) is 0 Å². The Kier molecular flexibility index (Phi) is 9.72. The molecule has 5 rings (SSSR count). The van der Waals surface area contributed by atoms with Crippen LogP contribution in [0.1, 0.15) is 56.7 Å². The molecule has 1 aliphatic carbocycles. The Morgan fingerprint density at radius 3 is 2.85 bits per heavy atom.